The second-order valence-electron chi connectivity index (χ2n) is 9.07. The third kappa shape index (κ3) is 13.5. The van der Waals surface area contributed by atoms with E-state index < -0.39 is 83.5 Å². The number of hydrogen-bond donors (Lipinski definition) is 7. The minimum Gasteiger partial charge on any atom is -0.462 e. The van der Waals surface area contributed by atoms with Crippen molar-refractivity contribution in [2.45, 2.75) is 108 Å². The fraction of sp³-hybridized carbons (Fsp3) is 0.905. The van der Waals surface area contributed by atoms with Crippen LogP contribution in [0.25, 0.3) is 0 Å². The summed E-state index contributed by atoms with van der Waals surface area (Å²) in [5, 5.41) is 40.3. The van der Waals surface area contributed by atoms with E-state index in [4.69, 9.17) is 28.3 Å². The molecular weight excluding hydrogens is 570 g/mol. The Morgan fingerprint density at radius 3 is 1.74 bits per heavy atom. The van der Waals surface area contributed by atoms with E-state index in [2.05, 4.69) is 4.52 Å². The first-order valence-corrected chi connectivity index (χ1v) is 15.6. The third-order valence-electron chi connectivity index (χ3n) is 5.68. The van der Waals surface area contributed by atoms with Crippen LogP contribution in [0, 0.1) is 0 Å². The van der Waals surface area contributed by atoms with Crippen LogP contribution in [-0.2, 0) is 41.8 Å². The van der Waals surface area contributed by atoms with Gasteiger partial charge in [0.15, 0.2) is 6.10 Å². The summed E-state index contributed by atoms with van der Waals surface area (Å²) in [5.74, 6) is -1.27. The van der Waals surface area contributed by atoms with Crippen LogP contribution >= 0.6 is 15.6 Å². The van der Waals surface area contributed by atoms with Crippen LogP contribution in [0.15, 0.2) is 0 Å². The van der Waals surface area contributed by atoms with Crippen LogP contribution < -0.4 is 0 Å². The van der Waals surface area contributed by atoms with Crippen LogP contribution in [0.3, 0.4) is 0 Å². The molecule has 0 aliphatic heterocycles. The lowest BCUT2D eigenvalue weighted by Gasteiger charge is -2.43. The number of hydrogen-bond acceptors (Lipinski definition) is 13. The Morgan fingerprint density at radius 1 is 0.718 bits per heavy atom. The van der Waals surface area contributed by atoms with E-state index in [1.54, 1.807) is 0 Å². The average molecular weight is 610 g/mol. The van der Waals surface area contributed by atoms with Crippen molar-refractivity contribution in [3.05, 3.63) is 0 Å². The molecule has 0 aromatic carbocycles. The molecule has 1 aliphatic carbocycles. The second kappa shape index (κ2) is 17.1. The molecule has 1 unspecified atom stereocenters. The molecule has 230 valence electrons. The van der Waals surface area contributed by atoms with E-state index >= 15 is 0 Å². The zero-order chi connectivity index (χ0) is 29.8. The van der Waals surface area contributed by atoms with Gasteiger partial charge >= 0.3 is 27.6 Å². The highest BCUT2D eigenvalue weighted by Gasteiger charge is 2.54. The largest absolute Gasteiger partial charge is 0.472 e. The van der Waals surface area contributed by atoms with Crippen LogP contribution in [0.2, 0.25) is 0 Å². The molecule has 39 heavy (non-hydrogen) atoms. The minimum atomic E-state index is -5.33. The maximum Gasteiger partial charge on any atom is 0.472 e. The van der Waals surface area contributed by atoms with Crippen molar-refractivity contribution < 1.29 is 76.9 Å². The number of carbonyl (C=O) groups is 2. The summed E-state index contributed by atoms with van der Waals surface area (Å²) in [7, 11) is -10.6. The summed E-state index contributed by atoms with van der Waals surface area (Å²) in [6, 6.07) is 0. The maximum absolute atomic E-state index is 12.6. The van der Waals surface area contributed by atoms with Crippen molar-refractivity contribution in [2.75, 3.05) is 13.2 Å². The molecule has 8 atom stereocenters. The molecule has 0 saturated heterocycles. The van der Waals surface area contributed by atoms with Crippen molar-refractivity contribution in [2.24, 2.45) is 0 Å². The topological polar surface area (TPSA) is 256 Å². The van der Waals surface area contributed by atoms with Gasteiger partial charge in [-0.25, -0.2) is 9.13 Å². The van der Waals surface area contributed by atoms with Gasteiger partial charge in [-0.05, 0) is 12.8 Å². The van der Waals surface area contributed by atoms with Gasteiger partial charge in [0.2, 0.25) is 0 Å². The third-order valence-corrected chi connectivity index (χ3v) is 7.18. The van der Waals surface area contributed by atoms with Crippen molar-refractivity contribution in [1.29, 1.82) is 0 Å². The van der Waals surface area contributed by atoms with E-state index in [0.717, 1.165) is 25.7 Å². The number of esters is 2. The Bertz CT molecular complexity index is 850. The summed E-state index contributed by atoms with van der Waals surface area (Å²) in [5.41, 5.74) is 0. The molecule has 0 heterocycles. The number of ether oxygens (including phenoxy) is 2. The average Bonchev–Trinajstić information content (AvgIpc) is 2.85. The fourth-order valence-electron chi connectivity index (χ4n) is 3.61. The van der Waals surface area contributed by atoms with Gasteiger partial charge in [0.25, 0.3) is 0 Å². The molecule has 0 aromatic rings. The smallest absolute Gasteiger partial charge is 0.462 e. The molecule has 0 bridgehead atoms. The normalized spacial score (nSPS) is 27.9. The SMILES string of the molecule is CCCCCC(=O)OC[C@H](COP(=O)(O)O[C@H]1[C@H](O)[C@@H](OP(=O)(O)O)[C@H](O)[C@@H](O)[C@H]1O)OC(=O)CCCCC. The Labute approximate surface area is 226 Å². The first-order valence-electron chi connectivity index (χ1n) is 12.6. The lowest BCUT2D eigenvalue weighted by Crippen LogP contribution is -2.64. The minimum absolute atomic E-state index is 0.0315. The Kier molecular flexibility index (Phi) is 15.8. The number of phosphoric ester groups is 2. The van der Waals surface area contributed by atoms with Gasteiger partial charge in [-0.3, -0.25) is 23.2 Å². The van der Waals surface area contributed by atoms with Gasteiger partial charge < -0.3 is 44.6 Å². The van der Waals surface area contributed by atoms with Crippen molar-refractivity contribution in [3.8, 4) is 0 Å². The van der Waals surface area contributed by atoms with Crippen LogP contribution in [-0.4, -0.2) is 103 Å². The van der Waals surface area contributed by atoms with Crippen molar-refractivity contribution in [3.63, 3.8) is 0 Å². The lowest BCUT2D eigenvalue weighted by atomic mass is 9.85. The highest BCUT2D eigenvalue weighted by Crippen LogP contribution is 2.48. The first-order chi connectivity index (χ1) is 18.1. The lowest BCUT2D eigenvalue weighted by molar-refractivity contribution is -0.216. The second-order valence-corrected chi connectivity index (χ2v) is 11.7. The zero-order valence-corrected chi connectivity index (χ0v) is 23.6. The molecule has 1 fully saturated rings. The summed E-state index contributed by atoms with van der Waals surface area (Å²) in [4.78, 5) is 52.2. The molecule has 16 nitrogen and oxygen atoms in total. The van der Waals surface area contributed by atoms with E-state index in [0.29, 0.717) is 12.8 Å². The Morgan fingerprint density at radius 2 is 1.23 bits per heavy atom. The summed E-state index contributed by atoms with van der Waals surface area (Å²) in [6.45, 7) is 2.54. The summed E-state index contributed by atoms with van der Waals surface area (Å²) in [6.07, 6.45) is -10.2. The van der Waals surface area contributed by atoms with Gasteiger partial charge in [-0.2, -0.15) is 0 Å². The molecule has 0 radical (unpaired) electrons. The number of phosphoric acid groups is 2. The Hall–Kier alpha value is -1.00. The van der Waals surface area contributed by atoms with Gasteiger partial charge in [0.1, 0.15) is 43.2 Å². The first kappa shape index (κ1) is 36.0. The van der Waals surface area contributed by atoms with E-state index in [9.17, 15) is 44.0 Å². The van der Waals surface area contributed by atoms with Crippen LogP contribution in [0.5, 0.6) is 0 Å². The highest BCUT2D eigenvalue weighted by atomic mass is 31.2. The molecule has 0 spiro atoms. The van der Waals surface area contributed by atoms with Gasteiger partial charge in [-0.1, -0.05) is 39.5 Å². The number of aliphatic hydroxyl groups is 4. The monoisotopic (exact) mass is 610 g/mol. The van der Waals surface area contributed by atoms with E-state index in [1.807, 2.05) is 13.8 Å². The van der Waals surface area contributed by atoms with Gasteiger partial charge in [0, 0.05) is 12.8 Å². The summed E-state index contributed by atoms with van der Waals surface area (Å²) >= 11 is 0. The van der Waals surface area contributed by atoms with E-state index in [-0.39, 0.29) is 12.8 Å². The standard InChI is InChI=1S/C21H40O16P2/c1-3-5-7-9-14(22)33-11-13(35-15(23)10-8-6-4-2)12-34-39(31,32)37-21-18(26)16(24)17(25)20(19(21)27)36-38(28,29)30/h13,16-21,24-27H,3-12H2,1-2H3,(H,31,32)(H2,28,29,30)/t13-,16-,17-,18-,19-,20+,21-/m1/s1. The molecule has 1 saturated carbocycles. The highest BCUT2D eigenvalue weighted by molar-refractivity contribution is 7.47. The fourth-order valence-corrected chi connectivity index (χ4v) is 5.15. The van der Waals surface area contributed by atoms with Gasteiger partial charge in [-0.15, -0.1) is 0 Å². The van der Waals surface area contributed by atoms with Gasteiger partial charge in [0.05, 0.1) is 6.61 Å². The quantitative estimate of drug-likeness (QED) is 0.0614. The molecule has 18 heteroatoms. The predicted molar refractivity (Wildman–Crippen MR) is 131 cm³/mol. The summed E-state index contributed by atoms with van der Waals surface area (Å²) < 4.78 is 47.8. The van der Waals surface area contributed by atoms with Crippen molar-refractivity contribution in [1.82, 2.24) is 0 Å². The maximum atomic E-state index is 12.6. The molecule has 1 aliphatic rings. The van der Waals surface area contributed by atoms with Crippen LogP contribution in [0.4, 0.5) is 0 Å². The predicted octanol–water partition coefficient (Wildman–Crippen LogP) is 0.0393. The molecule has 0 amide bonds. The number of carbonyl (C=O) groups excluding carboxylic acids is 2. The van der Waals surface area contributed by atoms with E-state index in [1.165, 1.54) is 0 Å². The molecular formula is C21H40O16P2. The number of aliphatic hydroxyl groups excluding tert-OH is 4. The number of unbranched alkanes of at least 4 members (excludes halogenated alkanes) is 4. The van der Waals surface area contributed by atoms with Crippen LogP contribution in [0.1, 0.15) is 65.2 Å². The Balaban J connectivity index is 2.88. The zero-order valence-electron chi connectivity index (χ0n) is 21.8. The number of rotatable bonds is 18. The van der Waals surface area contributed by atoms with Crippen molar-refractivity contribution >= 4 is 27.6 Å². The molecule has 1 rings (SSSR count). The molecule has 0 aromatic heterocycles. The molecule has 7 N–H and O–H groups in total.